The summed E-state index contributed by atoms with van der Waals surface area (Å²) in [5.41, 5.74) is 6.27. The van der Waals surface area contributed by atoms with E-state index in [1.165, 1.54) is 19.3 Å². The average Bonchev–Trinajstić information content (AvgIpc) is 2.42. The van der Waals surface area contributed by atoms with Crippen molar-refractivity contribution in [2.24, 2.45) is 0 Å². The molecular weight excluding hydrogens is 242 g/mol. The maximum Gasteiger partial charge on any atom is 0.119 e. The number of hydrogen-bond acceptors (Lipinski definition) is 4. The number of aliphatic hydroxyl groups excluding tert-OH is 1. The Hall–Kier alpha value is -1.26. The second-order valence-corrected chi connectivity index (χ2v) is 4.67. The molecule has 3 N–H and O–H groups in total. The fraction of sp³-hybridized carbons (Fsp3) is 0.600. The zero-order chi connectivity index (χ0) is 13.9. The quantitative estimate of drug-likeness (QED) is 0.505. The van der Waals surface area contributed by atoms with Crippen molar-refractivity contribution in [3.05, 3.63) is 24.3 Å². The molecule has 0 spiro atoms. The van der Waals surface area contributed by atoms with Gasteiger partial charge in [-0.15, -0.1) is 0 Å². The van der Waals surface area contributed by atoms with Crippen LogP contribution in [0.25, 0.3) is 0 Å². The molecule has 4 nitrogen and oxygen atoms in total. The summed E-state index contributed by atoms with van der Waals surface area (Å²) in [5, 5.41) is 9.69. The first-order chi connectivity index (χ1) is 9.22. The number of rotatable bonds is 10. The van der Waals surface area contributed by atoms with E-state index in [1.807, 2.05) is 0 Å². The first-order valence-corrected chi connectivity index (χ1v) is 6.96. The molecule has 1 rings (SSSR count). The summed E-state index contributed by atoms with van der Waals surface area (Å²) in [6.07, 6.45) is 4.11. The molecule has 1 unspecified atom stereocenters. The van der Waals surface area contributed by atoms with Crippen molar-refractivity contribution >= 4 is 5.69 Å². The predicted octanol–water partition coefficient (Wildman–Crippen LogP) is 2.61. The number of benzene rings is 1. The van der Waals surface area contributed by atoms with Gasteiger partial charge in [0.1, 0.15) is 18.5 Å². The highest BCUT2D eigenvalue weighted by Gasteiger charge is 2.05. The Balaban J connectivity index is 2.04. The average molecular weight is 267 g/mol. The third kappa shape index (κ3) is 7.70. The Labute approximate surface area is 115 Å². The van der Waals surface area contributed by atoms with Crippen molar-refractivity contribution in [2.45, 2.75) is 38.7 Å². The Morgan fingerprint density at radius 2 is 1.84 bits per heavy atom. The molecule has 0 saturated heterocycles. The maximum absolute atomic E-state index is 9.69. The van der Waals surface area contributed by atoms with E-state index in [9.17, 15) is 5.11 Å². The van der Waals surface area contributed by atoms with Crippen LogP contribution in [0.2, 0.25) is 0 Å². The Kier molecular flexibility index (Phi) is 8.02. The van der Waals surface area contributed by atoms with Gasteiger partial charge in [0.2, 0.25) is 0 Å². The van der Waals surface area contributed by atoms with Crippen LogP contribution in [0.15, 0.2) is 24.3 Å². The number of hydrogen-bond donors (Lipinski definition) is 2. The molecule has 0 heterocycles. The highest BCUT2D eigenvalue weighted by Crippen LogP contribution is 2.13. The van der Waals surface area contributed by atoms with Crippen molar-refractivity contribution in [2.75, 3.05) is 25.6 Å². The zero-order valence-corrected chi connectivity index (χ0v) is 11.7. The van der Waals surface area contributed by atoms with Crippen LogP contribution in [-0.4, -0.2) is 31.0 Å². The van der Waals surface area contributed by atoms with E-state index >= 15 is 0 Å². The number of ether oxygens (including phenoxy) is 2. The van der Waals surface area contributed by atoms with Crippen molar-refractivity contribution in [3.63, 3.8) is 0 Å². The molecule has 0 aliphatic rings. The summed E-state index contributed by atoms with van der Waals surface area (Å²) >= 11 is 0. The van der Waals surface area contributed by atoms with Crippen molar-refractivity contribution in [3.8, 4) is 5.75 Å². The first kappa shape index (κ1) is 15.8. The van der Waals surface area contributed by atoms with Gasteiger partial charge in [-0.1, -0.05) is 26.2 Å². The van der Waals surface area contributed by atoms with Crippen LogP contribution in [0.1, 0.15) is 32.6 Å². The molecule has 1 aromatic carbocycles. The summed E-state index contributed by atoms with van der Waals surface area (Å²) in [7, 11) is 0. The minimum atomic E-state index is -0.594. The van der Waals surface area contributed by atoms with Crippen molar-refractivity contribution < 1.29 is 14.6 Å². The summed E-state index contributed by atoms with van der Waals surface area (Å²) in [4.78, 5) is 0. The lowest BCUT2D eigenvalue weighted by Gasteiger charge is -2.13. The minimum absolute atomic E-state index is 0.235. The third-order valence-corrected chi connectivity index (χ3v) is 2.77. The summed E-state index contributed by atoms with van der Waals surface area (Å²) in [6, 6.07) is 7.11. The predicted molar refractivity (Wildman–Crippen MR) is 77.3 cm³/mol. The lowest BCUT2D eigenvalue weighted by Crippen LogP contribution is -2.23. The first-order valence-electron chi connectivity index (χ1n) is 6.96. The van der Waals surface area contributed by atoms with Gasteiger partial charge < -0.3 is 20.3 Å². The van der Waals surface area contributed by atoms with Gasteiger partial charge in [-0.25, -0.2) is 0 Å². The van der Waals surface area contributed by atoms with Gasteiger partial charge in [0.15, 0.2) is 0 Å². The molecule has 0 aliphatic carbocycles. The van der Waals surface area contributed by atoms with Gasteiger partial charge in [0, 0.05) is 12.3 Å². The van der Waals surface area contributed by atoms with Crippen LogP contribution in [0.3, 0.4) is 0 Å². The molecule has 4 heteroatoms. The van der Waals surface area contributed by atoms with E-state index in [1.54, 1.807) is 24.3 Å². The number of nitrogen functional groups attached to an aromatic ring is 1. The summed E-state index contributed by atoms with van der Waals surface area (Å²) < 4.78 is 10.8. The molecule has 108 valence electrons. The molecule has 0 aromatic heterocycles. The van der Waals surface area contributed by atoms with Crippen LogP contribution in [0.4, 0.5) is 5.69 Å². The van der Waals surface area contributed by atoms with Gasteiger partial charge in [0.05, 0.1) is 6.61 Å². The Morgan fingerprint density at radius 3 is 2.53 bits per heavy atom. The number of unbranched alkanes of at least 4 members (excludes halogenated alkanes) is 3. The van der Waals surface area contributed by atoms with Crippen LogP contribution in [0.5, 0.6) is 5.75 Å². The van der Waals surface area contributed by atoms with Crippen molar-refractivity contribution in [1.29, 1.82) is 0 Å². The van der Waals surface area contributed by atoms with Gasteiger partial charge in [0.25, 0.3) is 0 Å². The van der Waals surface area contributed by atoms with Crippen LogP contribution in [-0.2, 0) is 4.74 Å². The fourth-order valence-electron chi connectivity index (χ4n) is 1.65. The van der Waals surface area contributed by atoms with Gasteiger partial charge in [-0.2, -0.15) is 0 Å². The molecule has 0 aliphatic heterocycles. The lowest BCUT2D eigenvalue weighted by atomic mass is 10.2. The number of aliphatic hydroxyl groups is 1. The molecule has 0 saturated carbocycles. The van der Waals surface area contributed by atoms with Gasteiger partial charge in [-0.3, -0.25) is 0 Å². The Morgan fingerprint density at radius 1 is 1.11 bits per heavy atom. The zero-order valence-electron chi connectivity index (χ0n) is 11.7. The molecule has 1 atom stereocenters. The van der Waals surface area contributed by atoms with Crippen LogP contribution in [0, 0.1) is 0 Å². The topological polar surface area (TPSA) is 64.7 Å². The smallest absolute Gasteiger partial charge is 0.119 e. The van der Waals surface area contributed by atoms with E-state index < -0.39 is 6.10 Å². The maximum atomic E-state index is 9.69. The Bertz CT molecular complexity index is 327. The van der Waals surface area contributed by atoms with Gasteiger partial charge in [-0.05, 0) is 30.7 Å². The highest BCUT2D eigenvalue weighted by atomic mass is 16.5. The standard InChI is InChI=1S/C15H25NO3/c1-2-3-4-5-10-18-11-14(17)12-19-15-8-6-13(16)7-9-15/h6-9,14,17H,2-5,10-12,16H2,1H3. The van der Waals surface area contributed by atoms with Gasteiger partial charge >= 0.3 is 0 Å². The molecule has 0 amide bonds. The SMILES string of the molecule is CCCCCCOCC(O)COc1ccc(N)cc1. The van der Waals surface area contributed by atoms with Crippen LogP contribution < -0.4 is 10.5 Å². The highest BCUT2D eigenvalue weighted by molar-refractivity contribution is 5.41. The normalized spacial score (nSPS) is 12.3. The molecule has 19 heavy (non-hydrogen) atoms. The molecule has 0 fully saturated rings. The van der Waals surface area contributed by atoms with E-state index in [-0.39, 0.29) is 6.61 Å². The largest absolute Gasteiger partial charge is 0.491 e. The van der Waals surface area contributed by atoms with E-state index in [0.717, 1.165) is 6.42 Å². The fourth-order valence-corrected chi connectivity index (χ4v) is 1.65. The molecular formula is C15H25NO3. The second-order valence-electron chi connectivity index (χ2n) is 4.67. The third-order valence-electron chi connectivity index (χ3n) is 2.77. The summed E-state index contributed by atoms with van der Waals surface area (Å²) in [5.74, 6) is 0.705. The molecule has 0 bridgehead atoms. The lowest BCUT2D eigenvalue weighted by molar-refractivity contribution is 0.0110. The van der Waals surface area contributed by atoms with E-state index in [2.05, 4.69) is 6.92 Å². The summed E-state index contributed by atoms with van der Waals surface area (Å²) in [6.45, 7) is 3.44. The monoisotopic (exact) mass is 267 g/mol. The van der Waals surface area contributed by atoms with Crippen molar-refractivity contribution in [1.82, 2.24) is 0 Å². The van der Waals surface area contributed by atoms with Crippen LogP contribution >= 0.6 is 0 Å². The molecule has 0 radical (unpaired) electrons. The number of anilines is 1. The van der Waals surface area contributed by atoms with E-state index in [0.29, 0.717) is 24.7 Å². The minimum Gasteiger partial charge on any atom is -0.491 e. The second kappa shape index (κ2) is 9.64. The number of nitrogens with two attached hydrogens (primary N) is 1. The van der Waals surface area contributed by atoms with E-state index in [4.69, 9.17) is 15.2 Å². The molecule has 1 aromatic rings.